The first kappa shape index (κ1) is 26.1. The topological polar surface area (TPSA) is 44.8 Å². The van der Waals surface area contributed by atoms with Crippen molar-refractivity contribution in [2.75, 3.05) is 26.7 Å². The molecular formula is C20H42O4SSi. The van der Waals surface area contributed by atoms with Crippen molar-refractivity contribution >= 4 is 25.7 Å². The van der Waals surface area contributed by atoms with E-state index in [0.29, 0.717) is 11.8 Å². The lowest BCUT2D eigenvalue weighted by Crippen LogP contribution is -2.46. The Balaban J connectivity index is 3.40. The molecule has 0 aromatic heterocycles. The number of hydrogen-bond acceptors (Lipinski definition) is 5. The molecule has 0 aliphatic rings. The molecule has 0 rings (SSSR count). The Morgan fingerprint density at radius 2 is 1.08 bits per heavy atom. The van der Waals surface area contributed by atoms with Gasteiger partial charge in [-0.3, -0.25) is 4.79 Å². The van der Waals surface area contributed by atoms with Crippen LogP contribution in [-0.2, 0) is 18.1 Å². The molecule has 0 saturated carbocycles. The molecule has 0 unspecified atom stereocenters. The van der Waals surface area contributed by atoms with E-state index >= 15 is 0 Å². The fourth-order valence-electron chi connectivity index (χ4n) is 2.95. The second-order valence-corrected chi connectivity index (χ2v) is 11.4. The average molecular weight is 407 g/mol. The molecule has 0 heterocycles. The standard InChI is InChI=1S/C20H42O4SSi/c1-5-6-7-8-9-10-11-12-13-14-15-16-17-18-20(21)25-19-26(22-2,23-3)24-4/h5-19H2,1-4H3. The quantitative estimate of drug-likeness (QED) is 0.190. The SMILES string of the molecule is CCCCCCCCCCCCCCCC(=O)SC[Si](OC)(OC)OC. The molecule has 0 aliphatic carbocycles. The van der Waals surface area contributed by atoms with Gasteiger partial charge in [0, 0.05) is 27.8 Å². The maximum Gasteiger partial charge on any atom is 0.511 e. The molecule has 4 nitrogen and oxygen atoms in total. The summed E-state index contributed by atoms with van der Waals surface area (Å²) in [6.07, 6.45) is 17.9. The largest absolute Gasteiger partial charge is 0.511 e. The van der Waals surface area contributed by atoms with Crippen molar-refractivity contribution in [2.24, 2.45) is 0 Å². The summed E-state index contributed by atoms with van der Waals surface area (Å²) in [4.78, 5) is 12.0. The highest BCUT2D eigenvalue weighted by Crippen LogP contribution is 2.18. The number of carbonyl (C=O) groups excluding carboxylic acids is 1. The van der Waals surface area contributed by atoms with E-state index in [9.17, 15) is 4.79 Å². The molecule has 0 fully saturated rings. The molecule has 0 atom stereocenters. The van der Waals surface area contributed by atoms with Crippen LogP contribution in [0.1, 0.15) is 96.8 Å². The number of hydrogen-bond donors (Lipinski definition) is 0. The van der Waals surface area contributed by atoms with Crippen LogP contribution in [0.4, 0.5) is 0 Å². The summed E-state index contributed by atoms with van der Waals surface area (Å²) in [7, 11) is 2.12. The Hall–Kier alpha value is 0.117. The smallest absolute Gasteiger partial charge is 0.376 e. The molecule has 0 aromatic carbocycles. The highest BCUT2D eigenvalue weighted by molar-refractivity contribution is 8.14. The van der Waals surface area contributed by atoms with Crippen molar-refractivity contribution in [3.63, 3.8) is 0 Å². The number of carbonyl (C=O) groups is 1. The number of rotatable bonds is 19. The fourth-order valence-corrected chi connectivity index (χ4v) is 6.51. The third kappa shape index (κ3) is 14.2. The Labute approximate surface area is 167 Å². The Morgan fingerprint density at radius 1 is 0.692 bits per heavy atom. The Bertz CT molecular complexity index is 317. The lowest BCUT2D eigenvalue weighted by Gasteiger charge is -2.23. The zero-order valence-corrected chi connectivity index (χ0v) is 19.5. The van der Waals surface area contributed by atoms with Crippen molar-refractivity contribution in [3.8, 4) is 0 Å². The molecule has 0 aliphatic heterocycles. The molecular weight excluding hydrogens is 364 g/mol. The average Bonchev–Trinajstić information content (AvgIpc) is 2.67. The summed E-state index contributed by atoms with van der Waals surface area (Å²) >= 11 is 1.29. The summed E-state index contributed by atoms with van der Waals surface area (Å²) in [5, 5.41) is 0.712. The van der Waals surface area contributed by atoms with Gasteiger partial charge < -0.3 is 13.3 Å². The Kier molecular flexibility index (Phi) is 18.6. The van der Waals surface area contributed by atoms with Gasteiger partial charge >= 0.3 is 8.80 Å². The molecule has 26 heavy (non-hydrogen) atoms. The number of thioether (sulfide) groups is 1. The van der Waals surface area contributed by atoms with Crippen molar-refractivity contribution in [3.05, 3.63) is 0 Å². The van der Waals surface area contributed by atoms with E-state index in [1.807, 2.05) is 0 Å². The van der Waals surface area contributed by atoms with Gasteiger partial charge in [0.25, 0.3) is 0 Å². The second-order valence-electron chi connectivity index (χ2n) is 6.95. The molecule has 0 amide bonds. The first-order valence-corrected chi connectivity index (χ1v) is 13.4. The van der Waals surface area contributed by atoms with Crippen LogP contribution in [-0.4, -0.2) is 40.6 Å². The first-order chi connectivity index (χ1) is 12.6. The Morgan fingerprint density at radius 3 is 1.46 bits per heavy atom. The predicted molar refractivity (Wildman–Crippen MR) is 115 cm³/mol. The van der Waals surface area contributed by atoms with E-state index in [4.69, 9.17) is 13.3 Å². The van der Waals surface area contributed by atoms with Crippen molar-refractivity contribution in [1.82, 2.24) is 0 Å². The number of unbranched alkanes of at least 4 members (excludes halogenated alkanes) is 12. The van der Waals surface area contributed by atoms with Crippen molar-refractivity contribution in [1.29, 1.82) is 0 Å². The van der Waals surface area contributed by atoms with Gasteiger partial charge in [0.1, 0.15) is 0 Å². The van der Waals surface area contributed by atoms with E-state index in [2.05, 4.69) is 6.92 Å². The van der Waals surface area contributed by atoms with E-state index in [1.54, 1.807) is 21.3 Å². The third-order valence-corrected chi connectivity index (χ3v) is 9.21. The monoisotopic (exact) mass is 406 g/mol. The van der Waals surface area contributed by atoms with Crippen LogP contribution in [0.15, 0.2) is 0 Å². The van der Waals surface area contributed by atoms with Crippen molar-refractivity contribution in [2.45, 2.75) is 96.8 Å². The van der Waals surface area contributed by atoms with Crippen LogP contribution >= 0.6 is 11.8 Å². The van der Waals surface area contributed by atoms with E-state index < -0.39 is 8.80 Å². The van der Waals surface area contributed by atoms with Gasteiger partial charge in [-0.1, -0.05) is 95.7 Å². The molecule has 0 N–H and O–H groups in total. The van der Waals surface area contributed by atoms with Gasteiger partial charge in [0.15, 0.2) is 5.12 Å². The van der Waals surface area contributed by atoms with Crippen LogP contribution in [0.3, 0.4) is 0 Å². The molecule has 156 valence electrons. The fraction of sp³-hybridized carbons (Fsp3) is 0.950. The molecule has 6 heteroatoms. The van der Waals surface area contributed by atoms with Gasteiger partial charge in [-0.25, -0.2) is 0 Å². The third-order valence-electron chi connectivity index (χ3n) is 4.83. The first-order valence-electron chi connectivity index (χ1n) is 10.4. The lowest BCUT2D eigenvalue weighted by atomic mass is 10.0. The minimum absolute atomic E-state index is 0.219. The molecule has 0 spiro atoms. The summed E-state index contributed by atoms with van der Waals surface area (Å²) < 4.78 is 16.0. The van der Waals surface area contributed by atoms with Crippen LogP contribution < -0.4 is 0 Å². The van der Waals surface area contributed by atoms with Crippen molar-refractivity contribution < 1.29 is 18.1 Å². The van der Waals surface area contributed by atoms with E-state index in [1.165, 1.54) is 82.4 Å². The summed E-state index contributed by atoms with van der Waals surface area (Å²) in [6, 6.07) is 0. The van der Waals surface area contributed by atoms with Gasteiger partial charge in [-0.15, -0.1) is 0 Å². The molecule has 0 saturated heterocycles. The van der Waals surface area contributed by atoms with Gasteiger partial charge in [0.2, 0.25) is 0 Å². The second kappa shape index (κ2) is 18.5. The van der Waals surface area contributed by atoms with Gasteiger partial charge in [-0.05, 0) is 6.42 Å². The van der Waals surface area contributed by atoms with Crippen LogP contribution in [0, 0.1) is 0 Å². The van der Waals surface area contributed by atoms with Gasteiger partial charge in [0.05, 0.1) is 5.38 Å². The molecule has 0 bridgehead atoms. The normalized spacial score (nSPS) is 11.8. The summed E-state index contributed by atoms with van der Waals surface area (Å²) in [5.74, 6) is 0. The summed E-state index contributed by atoms with van der Waals surface area (Å²) in [5.41, 5.74) is 0. The minimum Gasteiger partial charge on any atom is -0.376 e. The maximum atomic E-state index is 12.0. The molecule has 0 radical (unpaired) electrons. The zero-order valence-electron chi connectivity index (χ0n) is 17.6. The van der Waals surface area contributed by atoms with Crippen LogP contribution in [0.5, 0.6) is 0 Å². The lowest BCUT2D eigenvalue weighted by molar-refractivity contribution is -0.111. The molecule has 0 aromatic rings. The van der Waals surface area contributed by atoms with Crippen LogP contribution in [0.25, 0.3) is 0 Å². The summed E-state index contributed by atoms with van der Waals surface area (Å²) in [6.45, 7) is 2.27. The van der Waals surface area contributed by atoms with Gasteiger partial charge in [-0.2, -0.15) is 0 Å². The minimum atomic E-state index is -2.62. The maximum absolute atomic E-state index is 12.0. The van der Waals surface area contributed by atoms with E-state index in [0.717, 1.165) is 12.8 Å². The highest BCUT2D eigenvalue weighted by atomic mass is 32.2. The van der Waals surface area contributed by atoms with E-state index in [-0.39, 0.29) is 5.12 Å². The zero-order chi connectivity index (χ0) is 19.5. The highest BCUT2D eigenvalue weighted by Gasteiger charge is 2.38. The predicted octanol–water partition coefficient (Wildman–Crippen LogP) is 6.14. The van der Waals surface area contributed by atoms with Crippen LogP contribution in [0.2, 0.25) is 0 Å².